The predicted octanol–water partition coefficient (Wildman–Crippen LogP) is 5.40. The Balaban J connectivity index is 1.60. The Morgan fingerprint density at radius 2 is 1.49 bits per heavy atom. The highest BCUT2D eigenvalue weighted by atomic mass is 16.7. The van der Waals surface area contributed by atoms with Crippen LogP contribution in [-0.4, -0.2) is 79.9 Å². The van der Waals surface area contributed by atoms with Crippen LogP contribution in [0.3, 0.4) is 0 Å². The van der Waals surface area contributed by atoms with Gasteiger partial charge in [0.05, 0.1) is 18.3 Å². The number of carbonyl (C=O) groups is 1. The van der Waals surface area contributed by atoms with E-state index in [1.165, 1.54) is 7.11 Å². The highest BCUT2D eigenvalue weighted by molar-refractivity contribution is 5.69. The van der Waals surface area contributed by atoms with Gasteiger partial charge in [-0.15, -0.1) is 0 Å². The maximum absolute atomic E-state index is 12.3. The molecular formula is C32H56O9. The maximum atomic E-state index is 12.3. The molecule has 11 atom stereocenters. The second kappa shape index (κ2) is 14.8. The Kier molecular flexibility index (Phi) is 11.9. The Morgan fingerprint density at radius 3 is 2.20 bits per heavy atom. The van der Waals surface area contributed by atoms with Crippen LogP contribution in [0.4, 0.5) is 0 Å². The fourth-order valence-corrected chi connectivity index (χ4v) is 9.85. The van der Waals surface area contributed by atoms with Gasteiger partial charge in [0.1, 0.15) is 20.4 Å². The van der Waals surface area contributed by atoms with E-state index in [9.17, 15) is 4.79 Å². The number of ether oxygens (including phenoxy) is 8. The summed E-state index contributed by atoms with van der Waals surface area (Å²) in [6, 6.07) is 0. The molecule has 0 N–H and O–H groups in total. The van der Waals surface area contributed by atoms with Crippen molar-refractivity contribution in [2.75, 3.05) is 55.6 Å². The molecule has 4 aliphatic rings. The molecule has 4 aliphatic carbocycles. The Hall–Kier alpha value is -0.810. The van der Waals surface area contributed by atoms with Crippen LogP contribution in [0.25, 0.3) is 0 Å². The van der Waals surface area contributed by atoms with Crippen LogP contribution in [0, 0.1) is 46.3 Å². The number of esters is 1. The number of methoxy groups -OCH3 is 4. The molecule has 0 amide bonds. The van der Waals surface area contributed by atoms with Crippen LogP contribution in [0.15, 0.2) is 0 Å². The van der Waals surface area contributed by atoms with Crippen molar-refractivity contribution in [3.8, 4) is 0 Å². The van der Waals surface area contributed by atoms with Crippen LogP contribution in [-0.2, 0) is 42.7 Å². The number of carbonyl (C=O) groups excluding carboxylic acids is 1. The van der Waals surface area contributed by atoms with Gasteiger partial charge in [-0.2, -0.15) is 0 Å². The van der Waals surface area contributed by atoms with Crippen LogP contribution < -0.4 is 0 Å². The van der Waals surface area contributed by atoms with E-state index in [0.29, 0.717) is 62.3 Å². The number of hydrogen-bond donors (Lipinski definition) is 0. The Labute approximate surface area is 247 Å². The van der Waals surface area contributed by atoms with Crippen LogP contribution in [0.5, 0.6) is 0 Å². The Morgan fingerprint density at radius 1 is 0.805 bits per heavy atom. The zero-order valence-electron chi connectivity index (χ0n) is 26.6. The lowest BCUT2D eigenvalue weighted by Gasteiger charge is -2.64. The molecule has 0 saturated heterocycles. The molecule has 9 nitrogen and oxygen atoms in total. The van der Waals surface area contributed by atoms with Crippen molar-refractivity contribution in [3.05, 3.63) is 0 Å². The van der Waals surface area contributed by atoms with Gasteiger partial charge in [0, 0.05) is 40.3 Å². The minimum absolute atomic E-state index is 0.00824. The summed E-state index contributed by atoms with van der Waals surface area (Å²) in [6.45, 7) is 8.27. The van der Waals surface area contributed by atoms with Crippen molar-refractivity contribution in [2.45, 2.75) is 96.9 Å². The van der Waals surface area contributed by atoms with Gasteiger partial charge in [0.15, 0.2) is 6.79 Å². The van der Waals surface area contributed by atoms with E-state index in [1.807, 2.05) is 0 Å². The zero-order chi connectivity index (χ0) is 29.6. The minimum Gasteiger partial charge on any atom is -0.438 e. The van der Waals surface area contributed by atoms with Crippen LogP contribution >= 0.6 is 0 Å². The summed E-state index contributed by atoms with van der Waals surface area (Å²) >= 11 is 0. The average Bonchev–Trinajstić information content (AvgIpc) is 3.33. The number of fused-ring (bicyclic) bond motifs is 5. The Bertz CT molecular complexity index is 825. The predicted molar refractivity (Wildman–Crippen MR) is 153 cm³/mol. The quantitative estimate of drug-likeness (QED) is 0.185. The molecule has 4 rings (SSSR count). The van der Waals surface area contributed by atoms with Gasteiger partial charge in [-0.3, -0.25) is 4.79 Å². The van der Waals surface area contributed by atoms with Crippen molar-refractivity contribution < 1.29 is 42.7 Å². The van der Waals surface area contributed by atoms with Crippen molar-refractivity contribution >= 4 is 5.97 Å². The molecule has 9 heteroatoms. The SMILES string of the molecule is COCOC(=O)CC[C@@H](C)[C@H]1CC[C@H]2[C@@H]3[C@H](OCOC)C[C@@H]4C[C@H](OCOC)CC[C@]4(C)[C@H]3C[C@H](OCOC)[C@]12C. The highest BCUT2D eigenvalue weighted by Gasteiger charge is 2.66. The van der Waals surface area contributed by atoms with E-state index in [-0.39, 0.29) is 41.9 Å². The van der Waals surface area contributed by atoms with Gasteiger partial charge in [0.25, 0.3) is 0 Å². The second-order valence-corrected chi connectivity index (χ2v) is 13.6. The van der Waals surface area contributed by atoms with E-state index in [1.54, 1.807) is 21.3 Å². The lowest BCUT2D eigenvalue weighted by molar-refractivity contribution is -0.249. The van der Waals surface area contributed by atoms with E-state index in [2.05, 4.69) is 20.8 Å². The lowest BCUT2D eigenvalue weighted by Crippen LogP contribution is -2.63. The first kappa shape index (κ1) is 33.1. The van der Waals surface area contributed by atoms with E-state index in [0.717, 1.165) is 51.4 Å². The minimum atomic E-state index is -0.196. The third kappa shape index (κ3) is 6.81. The molecule has 0 aromatic carbocycles. The molecule has 41 heavy (non-hydrogen) atoms. The van der Waals surface area contributed by atoms with Crippen molar-refractivity contribution in [2.24, 2.45) is 46.3 Å². The van der Waals surface area contributed by atoms with Gasteiger partial charge in [-0.1, -0.05) is 20.8 Å². The van der Waals surface area contributed by atoms with Crippen LogP contribution in [0.2, 0.25) is 0 Å². The van der Waals surface area contributed by atoms with E-state index < -0.39 is 0 Å². The standard InChI is InChI=1S/C32H56O9/c1-21(8-11-29(33)41-20-37-7)24-9-10-25-30-26(16-28(32(24,25)3)40-19-36-6)31(2)13-12-23(38-17-34-4)14-22(31)15-27(30)39-18-35-5/h21-28,30H,8-20H2,1-7H3/t21-,22+,23-,24-,25+,26+,27-,28+,30+,31+,32-/m1/s1. The second-order valence-electron chi connectivity index (χ2n) is 13.6. The molecule has 0 unspecified atom stereocenters. The fourth-order valence-electron chi connectivity index (χ4n) is 9.85. The summed E-state index contributed by atoms with van der Waals surface area (Å²) < 4.78 is 45.5. The molecular weight excluding hydrogens is 528 g/mol. The molecule has 0 bridgehead atoms. The largest absolute Gasteiger partial charge is 0.438 e. The first-order chi connectivity index (χ1) is 19.7. The third-order valence-electron chi connectivity index (χ3n) is 11.8. The number of rotatable bonds is 15. The first-order valence-corrected chi connectivity index (χ1v) is 15.7. The van der Waals surface area contributed by atoms with Gasteiger partial charge in [-0.25, -0.2) is 0 Å². The fraction of sp³-hybridized carbons (Fsp3) is 0.969. The number of hydrogen-bond acceptors (Lipinski definition) is 9. The van der Waals surface area contributed by atoms with Gasteiger partial charge < -0.3 is 37.9 Å². The summed E-state index contributed by atoms with van der Waals surface area (Å²) in [4.78, 5) is 12.3. The normalized spacial score (nSPS) is 40.9. The molecule has 0 radical (unpaired) electrons. The van der Waals surface area contributed by atoms with Gasteiger partial charge in [-0.05, 0) is 92.3 Å². The van der Waals surface area contributed by atoms with E-state index in [4.69, 9.17) is 37.9 Å². The highest BCUT2D eigenvalue weighted by Crippen LogP contribution is 2.69. The molecule has 0 heterocycles. The molecule has 0 aromatic heterocycles. The van der Waals surface area contributed by atoms with Gasteiger partial charge >= 0.3 is 5.97 Å². The smallest absolute Gasteiger partial charge is 0.307 e. The van der Waals surface area contributed by atoms with Crippen LogP contribution in [0.1, 0.15) is 78.6 Å². The summed E-state index contributed by atoms with van der Waals surface area (Å²) in [5, 5.41) is 0. The topological polar surface area (TPSA) is 90.9 Å². The molecule has 0 aromatic rings. The molecule has 4 fully saturated rings. The first-order valence-electron chi connectivity index (χ1n) is 15.7. The average molecular weight is 585 g/mol. The zero-order valence-corrected chi connectivity index (χ0v) is 26.6. The summed E-state index contributed by atoms with van der Waals surface area (Å²) in [7, 11) is 6.64. The molecule has 238 valence electrons. The summed E-state index contributed by atoms with van der Waals surface area (Å²) in [5.74, 6) is 2.53. The molecule has 0 spiro atoms. The summed E-state index contributed by atoms with van der Waals surface area (Å²) in [5.41, 5.74) is 0.168. The third-order valence-corrected chi connectivity index (χ3v) is 11.8. The molecule has 4 saturated carbocycles. The molecule has 0 aliphatic heterocycles. The lowest BCUT2D eigenvalue weighted by atomic mass is 9.43. The monoisotopic (exact) mass is 584 g/mol. The van der Waals surface area contributed by atoms with Crippen molar-refractivity contribution in [1.82, 2.24) is 0 Å². The van der Waals surface area contributed by atoms with Gasteiger partial charge in [0.2, 0.25) is 0 Å². The van der Waals surface area contributed by atoms with Crippen molar-refractivity contribution in [3.63, 3.8) is 0 Å². The summed E-state index contributed by atoms with van der Waals surface area (Å²) in [6.07, 6.45) is 9.25. The maximum Gasteiger partial charge on any atom is 0.307 e. The van der Waals surface area contributed by atoms with Crippen molar-refractivity contribution in [1.29, 1.82) is 0 Å². The van der Waals surface area contributed by atoms with E-state index >= 15 is 0 Å².